The number of carbonyl (C=O) groups excluding carboxylic acids is 1. The van der Waals surface area contributed by atoms with Crippen LogP contribution >= 0.6 is 15.9 Å². The van der Waals surface area contributed by atoms with Crippen LogP contribution < -0.4 is 0 Å². The summed E-state index contributed by atoms with van der Waals surface area (Å²) in [5.41, 5.74) is 0. The Morgan fingerprint density at radius 3 is 1.70 bits per heavy atom. The molecule has 0 unspecified atom stereocenters. The summed E-state index contributed by atoms with van der Waals surface area (Å²) < 4.78 is 5.53. The van der Waals surface area contributed by atoms with Gasteiger partial charge in [0.25, 0.3) is 0 Å². The predicted molar refractivity (Wildman–Crippen MR) is 90.4 cm³/mol. The Bertz CT molecular complexity index is 205. The summed E-state index contributed by atoms with van der Waals surface area (Å²) in [6.07, 6.45) is 15.0. The highest BCUT2D eigenvalue weighted by atomic mass is 79.9. The lowest BCUT2D eigenvalue weighted by molar-refractivity contribution is -0.146. The number of rotatable bonds is 14. The third-order valence-electron chi connectivity index (χ3n) is 3.67. The summed E-state index contributed by atoms with van der Waals surface area (Å²) in [6.45, 7) is 4.47. The Morgan fingerprint density at radius 1 is 0.850 bits per heavy atom. The van der Waals surface area contributed by atoms with Crippen molar-refractivity contribution < 1.29 is 9.53 Å². The van der Waals surface area contributed by atoms with E-state index in [9.17, 15) is 4.79 Å². The zero-order valence-electron chi connectivity index (χ0n) is 13.5. The highest BCUT2D eigenvalue weighted by Crippen LogP contribution is 2.16. The fourth-order valence-corrected chi connectivity index (χ4v) is 2.56. The van der Waals surface area contributed by atoms with Crippen molar-refractivity contribution in [2.45, 2.75) is 97.0 Å². The lowest BCUT2D eigenvalue weighted by Gasteiger charge is -2.17. The van der Waals surface area contributed by atoms with E-state index in [1.807, 2.05) is 0 Å². The quantitative estimate of drug-likeness (QED) is 0.218. The van der Waals surface area contributed by atoms with Crippen LogP contribution in [-0.2, 0) is 9.53 Å². The molecular weight excluding hydrogens is 316 g/mol. The lowest BCUT2D eigenvalue weighted by atomic mass is 10.0. The average Bonchev–Trinajstić information content (AvgIpc) is 2.46. The van der Waals surface area contributed by atoms with Crippen LogP contribution in [0.5, 0.6) is 0 Å². The van der Waals surface area contributed by atoms with Gasteiger partial charge in [-0.3, -0.25) is 4.79 Å². The van der Waals surface area contributed by atoms with Crippen molar-refractivity contribution in [1.82, 2.24) is 0 Å². The Balaban J connectivity index is 3.79. The Morgan fingerprint density at radius 2 is 1.30 bits per heavy atom. The van der Waals surface area contributed by atoms with Gasteiger partial charge in [0.1, 0.15) is 11.4 Å². The first kappa shape index (κ1) is 19.9. The molecule has 0 rings (SSSR count). The van der Waals surface area contributed by atoms with E-state index in [0.29, 0.717) is 5.33 Å². The fourth-order valence-electron chi connectivity index (χ4n) is 2.43. The van der Waals surface area contributed by atoms with Gasteiger partial charge in [-0.2, -0.15) is 0 Å². The number of unbranched alkanes of at least 4 members (excludes halogenated alkanes) is 8. The van der Waals surface area contributed by atoms with Gasteiger partial charge in [-0.05, 0) is 25.7 Å². The van der Waals surface area contributed by atoms with Crippen LogP contribution in [0.1, 0.15) is 90.9 Å². The highest BCUT2D eigenvalue weighted by Gasteiger charge is 2.13. The number of hydrogen-bond donors (Lipinski definition) is 0. The SMILES string of the molecule is CCCCCCCC(CCCCCCC)OC(=O)CBr. The fraction of sp³-hybridized carbons (Fsp3) is 0.941. The number of esters is 1. The van der Waals surface area contributed by atoms with Gasteiger partial charge in [-0.15, -0.1) is 0 Å². The minimum absolute atomic E-state index is 0.114. The van der Waals surface area contributed by atoms with Crippen LogP contribution in [0.25, 0.3) is 0 Å². The molecule has 0 atom stereocenters. The van der Waals surface area contributed by atoms with E-state index < -0.39 is 0 Å². The number of hydrogen-bond acceptors (Lipinski definition) is 2. The largest absolute Gasteiger partial charge is 0.462 e. The van der Waals surface area contributed by atoms with Crippen LogP contribution in [0.3, 0.4) is 0 Å². The standard InChI is InChI=1S/C17H33BrO2/c1-3-5-7-9-11-13-16(20-17(19)15-18)14-12-10-8-6-4-2/h16H,3-15H2,1-2H3. The molecule has 20 heavy (non-hydrogen) atoms. The first-order chi connectivity index (χ1) is 9.74. The summed E-state index contributed by atoms with van der Waals surface area (Å²) in [7, 11) is 0. The normalized spacial score (nSPS) is 11.0. The second kappa shape index (κ2) is 15.3. The van der Waals surface area contributed by atoms with Crippen molar-refractivity contribution in [2.75, 3.05) is 5.33 Å². The van der Waals surface area contributed by atoms with Gasteiger partial charge in [0.05, 0.1) is 0 Å². The molecule has 0 aromatic rings. The van der Waals surface area contributed by atoms with Gasteiger partial charge in [-0.25, -0.2) is 0 Å². The summed E-state index contributed by atoms with van der Waals surface area (Å²) in [5.74, 6) is -0.114. The van der Waals surface area contributed by atoms with Gasteiger partial charge >= 0.3 is 5.97 Å². The van der Waals surface area contributed by atoms with Crippen LogP contribution in [0.2, 0.25) is 0 Å². The highest BCUT2D eigenvalue weighted by molar-refractivity contribution is 9.09. The number of ether oxygens (including phenoxy) is 1. The maximum Gasteiger partial charge on any atom is 0.316 e. The smallest absolute Gasteiger partial charge is 0.316 e. The third kappa shape index (κ3) is 13.0. The molecule has 0 aromatic heterocycles. The second-order valence-corrected chi connectivity index (χ2v) is 6.21. The van der Waals surface area contributed by atoms with Crippen LogP contribution in [0.4, 0.5) is 0 Å². The summed E-state index contributed by atoms with van der Waals surface area (Å²) >= 11 is 3.17. The van der Waals surface area contributed by atoms with Gasteiger partial charge < -0.3 is 4.74 Å². The van der Waals surface area contributed by atoms with Crippen molar-refractivity contribution in [3.05, 3.63) is 0 Å². The van der Waals surface area contributed by atoms with E-state index in [1.165, 1.54) is 64.2 Å². The van der Waals surface area contributed by atoms with Crippen LogP contribution in [0, 0.1) is 0 Å². The van der Waals surface area contributed by atoms with Crippen molar-refractivity contribution in [2.24, 2.45) is 0 Å². The Kier molecular flexibility index (Phi) is 15.3. The molecule has 0 amide bonds. The van der Waals surface area contributed by atoms with Crippen molar-refractivity contribution in [1.29, 1.82) is 0 Å². The first-order valence-corrected chi connectivity index (χ1v) is 9.62. The van der Waals surface area contributed by atoms with Crippen LogP contribution in [0.15, 0.2) is 0 Å². The Hall–Kier alpha value is -0.0500. The predicted octanol–water partition coefficient (Wildman–Crippen LogP) is 6.01. The van der Waals surface area contributed by atoms with E-state index in [1.54, 1.807) is 0 Å². The Labute approximate surface area is 134 Å². The minimum atomic E-state index is -0.114. The first-order valence-electron chi connectivity index (χ1n) is 8.50. The minimum Gasteiger partial charge on any atom is -0.462 e. The van der Waals surface area contributed by atoms with Gasteiger partial charge in [0, 0.05) is 0 Å². The topological polar surface area (TPSA) is 26.3 Å². The molecule has 0 heterocycles. The monoisotopic (exact) mass is 348 g/mol. The third-order valence-corrected chi connectivity index (χ3v) is 4.12. The van der Waals surface area contributed by atoms with Crippen molar-refractivity contribution >= 4 is 21.9 Å². The van der Waals surface area contributed by atoms with Gasteiger partial charge in [0.15, 0.2) is 0 Å². The molecular formula is C17H33BrO2. The summed E-state index contributed by atoms with van der Waals surface area (Å²) in [5, 5.41) is 0.315. The molecule has 0 N–H and O–H groups in total. The molecule has 0 saturated heterocycles. The number of halogens is 1. The molecule has 120 valence electrons. The summed E-state index contributed by atoms with van der Waals surface area (Å²) in [6, 6.07) is 0. The zero-order valence-corrected chi connectivity index (χ0v) is 15.1. The van der Waals surface area contributed by atoms with Crippen molar-refractivity contribution in [3.8, 4) is 0 Å². The number of alkyl halides is 1. The molecule has 0 radical (unpaired) electrons. The molecule has 0 fully saturated rings. The van der Waals surface area contributed by atoms with E-state index in [-0.39, 0.29) is 12.1 Å². The van der Waals surface area contributed by atoms with Crippen LogP contribution in [-0.4, -0.2) is 17.4 Å². The molecule has 0 aliphatic carbocycles. The number of carbonyl (C=O) groups is 1. The molecule has 0 saturated carbocycles. The van der Waals surface area contributed by atoms with Gasteiger partial charge in [0.2, 0.25) is 0 Å². The van der Waals surface area contributed by atoms with E-state index in [2.05, 4.69) is 29.8 Å². The lowest BCUT2D eigenvalue weighted by Crippen LogP contribution is -2.19. The van der Waals surface area contributed by atoms with Crippen molar-refractivity contribution in [3.63, 3.8) is 0 Å². The zero-order chi connectivity index (χ0) is 15.1. The molecule has 2 nitrogen and oxygen atoms in total. The maximum atomic E-state index is 11.4. The summed E-state index contributed by atoms with van der Waals surface area (Å²) in [4.78, 5) is 11.4. The maximum absolute atomic E-state index is 11.4. The molecule has 0 aliphatic rings. The average molecular weight is 349 g/mol. The van der Waals surface area contributed by atoms with E-state index in [4.69, 9.17) is 4.74 Å². The molecule has 0 spiro atoms. The van der Waals surface area contributed by atoms with E-state index in [0.717, 1.165) is 12.8 Å². The molecule has 0 aliphatic heterocycles. The van der Waals surface area contributed by atoms with Gasteiger partial charge in [-0.1, -0.05) is 81.1 Å². The van der Waals surface area contributed by atoms with E-state index >= 15 is 0 Å². The molecule has 0 bridgehead atoms. The molecule has 3 heteroatoms. The second-order valence-electron chi connectivity index (χ2n) is 5.65. The molecule has 0 aromatic carbocycles.